The number of aryl methyl sites for hydroxylation is 1. The summed E-state index contributed by atoms with van der Waals surface area (Å²) in [4.78, 5) is 12.9. The molecule has 0 heterocycles. The lowest BCUT2D eigenvalue weighted by atomic mass is 10.0. The van der Waals surface area contributed by atoms with E-state index in [2.05, 4.69) is 10.6 Å². The van der Waals surface area contributed by atoms with Crippen LogP contribution in [-0.2, 0) is 17.8 Å². The predicted molar refractivity (Wildman–Crippen MR) is 151 cm³/mol. The second kappa shape index (κ2) is 13.1. The van der Waals surface area contributed by atoms with Crippen LogP contribution in [0.5, 0.6) is 11.5 Å². The van der Waals surface area contributed by atoms with Crippen molar-refractivity contribution in [2.45, 2.75) is 44.8 Å². The quantitative estimate of drug-likeness (QED) is 0.225. The van der Waals surface area contributed by atoms with Crippen LogP contribution in [0.1, 0.15) is 29.5 Å². The van der Waals surface area contributed by atoms with Crippen molar-refractivity contribution in [2.75, 3.05) is 13.2 Å². The van der Waals surface area contributed by atoms with Gasteiger partial charge in [-0.2, -0.15) is 0 Å². The zero-order valence-corrected chi connectivity index (χ0v) is 23.4. The first-order valence-electron chi connectivity index (χ1n) is 12.1. The van der Waals surface area contributed by atoms with Crippen molar-refractivity contribution in [1.82, 2.24) is 10.6 Å². The Morgan fingerprint density at radius 2 is 1.62 bits per heavy atom. The molecule has 9 heteroatoms. The summed E-state index contributed by atoms with van der Waals surface area (Å²) >= 11 is 24.9. The number of carbonyl (C=O) groups excluding carboxylic acids is 1. The summed E-state index contributed by atoms with van der Waals surface area (Å²) in [5, 5.41) is 8.37. The molecule has 3 aromatic rings. The minimum absolute atomic E-state index is 0.0217. The largest absolute Gasteiger partial charge is 0.490 e. The van der Waals surface area contributed by atoms with Crippen LogP contribution in [0.4, 0.5) is 0 Å². The smallest absolute Gasteiger partial charge is 0.237 e. The van der Waals surface area contributed by atoms with Gasteiger partial charge in [0.2, 0.25) is 5.91 Å². The van der Waals surface area contributed by atoms with Gasteiger partial charge >= 0.3 is 0 Å². The van der Waals surface area contributed by atoms with Gasteiger partial charge in [-0.05, 0) is 73.2 Å². The van der Waals surface area contributed by atoms with Crippen LogP contribution >= 0.6 is 46.4 Å². The third-order valence-corrected chi connectivity index (χ3v) is 7.33. The maximum absolute atomic E-state index is 12.9. The molecule has 1 saturated carbocycles. The average Bonchev–Trinajstić information content (AvgIpc) is 3.68. The maximum Gasteiger partial charge on any atom is 0.237 e. The minimum atomic E-state index is -0.417. The Morgan fingerprint density at radius 3 is 2.30 bits per heavy atom. The molecule has 0 aromatic heterocycles. The van der Waals surface area contributed by atoms with E-state index in [0.717, 1.165) is 29.5 Å². The SMILES string of the molecule is Cc1cc(Cl)c(OCCOc2ccc(C[C@H](NCc3cccc(Cl)c3Cl)C(=O)NC3CC3)cc2)c(Cl)c1. The van der Waals surface area contributed by atoms with E-state index in [0.29, 0.717) is 57.8 Å². The molecule has 2 N–H and O–H groups in total. The van der Waals surface area contributed by atoms with E-state index < -0.39 is 6.04 Å². The number of carbonyl (C=O) groups is 1. The molecular formula is C28H28Cl4N2O3. The lowest BCUT2D eigenvalue weighted by molar-refractivity contribution is -0.123. The summed E-state index contributed by atoms with van der Waals surface area (Å²) in [5.74, 6) is 1.13. The molecule has 1 atom stereocenters. The Hall–Kier alpha value is -2.15. The van der Waals surface area contributed by atoms with Crippen LogP contribution in [0.25, 0.3) is 0 Å². The molecule has 1 fully saturated rings. The van der Waals surface area contributed by atoms with Gasteiger partial charge in [-0.3, -0.25) is 4.79 Å². The Bertz CT molecular complexity index is 1210. The van der Waals surface area contributed by atoms with Gasteiger partial charge < -0.3 is 20.1 Å². The molecule has 196 valence electrons. The summed E-state index contributed by atoms with van der Waals surface area (Å²) in [6.45, 7) is 2.97. The van der Waals surface area contributed by atoms with Crippen LogP contribution in [0.15, 0.2) is 54.6 Å². The summed E-state index contributed by atoms with van der Waals surface area (Å²) < 4.78 is 11.5. The molecule has 0 spiro atoms. The normalized spacial score (nSPS) is 13.8. The molecule has 37 heavy (non-hydrogen) atoms. The second-order valence-corrected chi connectivity index (χ2v) is 10.6. The standard InChI is InChI=1S/C28H28Cl4N2O3/c1-17-13-23(30)27(24(31)14-17)37-12-11-36-21-9-5-18(6-10-21)15-25(28(35)34-20-7-8-20)33-16-19-3-2-4-22(29)26(19)32/h2-6,9-10,13-14,20,25,33H,7-8,11-12,15-16H2,1H3,(H,34,35)/t25-/m0/s1. The molecule has 1 aliphatic carbocycles. The number of hydrogen-bond acceptors (Lipinski definition) is 4. The van der Waals surface area contributed by atoms with Gasteiger partial charge in [0.15, 0.2) is 5.75 Å². The summed E-state index contributed by atoms with van der Waals surface area (Å²) in [6, 6.07) is 16.6. The predicted octanol–water partition coefficient (Wildman–Crippen LogP) is 7.05. The van der Waals surface area contributed by atoms with Gasteiger partial charge in [-0.25, -0.2) is 0 Å². The van der Waals surface area contributed by atoms with Crippen molar-refractivity contribution in [3.8, 4) is 11.5 Å². The molecule has 0 saturated heterocycles. The summed E-state index contributed by atoms with van der Waals surface area (Å²) in [5.41, 5.74) is 2.81. The van der Waals surface area contributed by atoms with Gasteiger partial charge in [0.1, 0.15) is 19.0 Å². The molecule has 3 aromatic carbocycles. The number of ether oxygens (including phenoxy) is 2. The van der Waals surface area contributed by atoms with E-state index >= 15 is 0 Å². The zero-order valence-electron chi connectivity index (χ0n) is 20.3. The monoisotopic (exact) mass is 580 g/mol. The Morgan fingerprint density at radius 1 is 0.946 bits per heavy atom. The fourth-order valence-corrected chi connectivity index (χ4v) is 4.88. The molecule has 4 rings (SSSR count). The van der Waals surface area contributed by atoms with E-state index in [-0.39, 0.29) is 11.9 Å². The fourth-order valence-electron chi connectivity index (χ4n) is 3.79. The van der Waals surface area contributed by atoms with E-state index in [1.165, 1.54) is 0 Å². The van der Waals surface area contributed by atoms with Crippen molar-refractivity contribution >= 4 is 52.3 Å². The van der Waals surface area contributed by atoms with E-state index in [1.54, 1.807) is 18.2 Å². The van der Waals surface area contributed by atoms with Crippen LogP contribution < -0.4 is 20.1 Å². The topological polar surface area (TPSA) is 59.6 Å². The van der Waals surface area contributed by atoms with Gasteiger partial charge in [-0.1, -0.05) is 70.7 Å². The van der Waals surface area contributed by atoms with Crippen molar-refractivity contribution in [3.05, 3.63) is 91.4 Å². The molecule has 0 aliphatic heterocycles. The summed E-state index contributed by atoms with van der Waals surface area (Å²) in [7, 11) is 0. The van der Waals surface area contributed by atoms with Crippen molar-refractivity contribution in [1.29, 1.82) is 0 Å². The lowest BCUT2D eigenvalue weighted by Crippen LogP contribution is -2.46. The molecule has 1 aliphatic rings. The van der Waals surface area contributed by atoms with Crippen LogP contribution in [0.2, 0.25) is 20.1 Å². The highest BCUT2D eigenvalue weighted by molar-refractivity contribution is 6.42. The van der Waals surface area contributed by atoms with E-state index in [9.17, 15) is 4.79 Å². The Balaban J connectivity index is 1.31. The number of halogens is 4. The minimum Gasteiger partial charge on any atom is -0.490 e. The van der Waals surface area contributed by atoms with Crippen molar-refractivity contribution in [3.63, 3.8) is 0 Å². The average molecular weight is 582 g/mol. The molecule has 0 unspecified atom stereocenters. The molecule has 0 bridgehead atoms. The van der Waals surface area contributed by atoms with Gasteiger partial charge in [0.05, 0.1) is 26.1 Å². The molecule has 0 radical (unpaired) electrons. The first-order valence-corrected chi connectivity index (χ1v) is 13.6. The van der Waals surface area contributed by atoms with Crippen molar-refractivity contribution < 1.29 is 14.3 Å². The number of benzene rings is 3. The first kappa shape index (κ1) is 27.9. The maximum atomic E-state index is 12.9. The molecular weight excluding hydrogens is 554 g/mol. The highest BCUT2D eigenvalue weighted by atomic mass is 35.5. The number of rotatable bonds is 12. The summed E-state index contributed by atoms with van der Waals surface area (Å²) in [6.07, 6.45) is 2.57. The van der Waals surface area contributed by atoms with Crippen LogP contribution in [0.3, 0.4) is 0 Å². The highest BCUT2D eigenvalue weighted by Crippen LogP contribution is 2.34. The highest BCUT2D eigenvalue weighted by Gasteiger charge is 2.27. The first-order chi connectivity index (χ1) is 17.8. The van der Waals surface area contributed by atoms with Crippen molar-refractivity contribution in [2.24, 2.45) is 0 Å². The van der Waals surface area contributed by atoms with Crippen LogP contribution in [-0.4, -0.2) is 31.2 Å². The third kappa shape index (κ3) is 8.17. The number of hydrogen-bond donors (Lipinski definition) is 2. The van der Waals surface area contributed by atoms with Gasteiger partial charge in [0, 0.05) is 12.6 Å². The van der Waals surface area contributed by atoms with Crippen LogP contribution in [0, 0.1) is 6.92 Å². The van der Waals surface area contributed by atoms with Gasteiger partial charge in [-0.15, -0.1) is 0 Å². The fraction of sp³-hybridized carbons (Fsp3) is 0.321. The second-order valence-electron chi connectivity index (χ2n) is 9.03. The lowest BCUT2D eigenvalue weighted by Gasteiger charge is -2.19. The van der Waals surface area contributed by atoms with E-state index in [1.807, 2.05) is 43.3 Å². The Labute approximate surface area is 237 Å². The Kier molecular flexibility index (Phi) is 9.85. The third-order valence-electron chi connectivity index (χ3n) is 5.91. The molecule has 1 amide bonds. The zero-order chi connectivity index (χ0) is 26.4. The van der Waals surface area contributed by atoms with Gasteiger partial charge in [0.25, 0.3) is 0 Å². The number of amides is 1. The number of nitrogens with one attached hydrogen (secondary N) is 2. The molecule has 5 nitrogen and oxygen atoms in total. The van der Waals surface area contributed by atoms with E-state index in [4.69, 9.17) is 55.9 Å².